The van der Waals surface area contributed by atoms with E-state index in [2.05, 4.69) is 5.32 Å². The predicted molar refractivity (Wildman–Crippen MR) is 42.7 cm³/mol. The number of nitrogens with one attached hydrogen (secondary N) is 1. The van der Waals surface area contributed by atoms with Crippen molar-refractivity contribution in [1.29, 1.82) is 0 Å². The summed E-state index contributed by atoms with van der Waals surface area (Å²) in [5.41, 5.74) is -0.128. The van der Waals surface area contributed by atoms with Crippen molar-refractivity contribution in [3.8, 4) is 0 Å². The summed E-state index contributed by atoms with van der Waals surface area (Å²) in [5.74, 6) is -0.0324. The lowest BCUT2D eigenvalue weighted by molar-refractivity contribution is -0.117. The highest BCUT2D eigenvalue weighted by Crippen LogP contribution is 1.97. The monoisotopic (exact) mass is 141 g/mol. The van der Waals surface area contributed by atoms with Crippen LogP contribution in [0.5, 0.6) is 0 Å². The Morgan fingerprint density at radius 2 is 1.90 bits per heavy atom. The molecule has 0 aliphatic carbocycles. The molecule has 1 N–H and O–H groups in total. The Kier molecular flexibility index (Phi) is 3.13. The van der Waals surface area contributed by atoms with Crippen molar-refractivity contribution in [2.24, 2.45) is 0 Å². The summed E-state index contributed by atoms with van der Waals surface area (Å²) in [4.78, 5) is 10.9. The van der Waals surface area contributed by atoms with Gasteiger partial charge in [0.05, 0.1) is 0 Å². The molecule has 0 atom stereocenters. The van der Waals surface area contributed by atoms with Crippen molar-refractivity contribution in [1.82, 2.24) is 5.32 Å². The first-order valence-corrected chi connectivity index (χ1v) is 3.40. The van der Waals surface area contributed by atoms with Crippen LogP contribution in [0.2, 0.25) is 0 Å². The van der Waals surface area contributed by atoms with Gasteiger partial charge >= 0.3 is 0 Å². The molecule has 10 heavy (non-hydrogen) atoms. The smallest absolute Gasteiger partial charge is 0.244 e. The third kappa shape index (κ3) is 5.35. The molecule has 0 heterocycles. The summed E-state index contributed by atoms with van der Waals surface area (Å²) >= 11 is 0. The molecule has 1 amide bonds. The van der Waals surface area contributed by atoms with Crippen LogP contribution in [0.1, 0.15) is 27.7 Å². The number of allylic oxidation sites excluding steroid dienone is 1. The van der Waals surface area contributed by atoms with Crippen LogP contribution in [0.3, 0.4) is 0 Å². The first kappa shape index (κ1) is 9.21. The van der Waals surface area contributed by atoms with E-state index in [0.717, 1.165) is 0 Å². The van der Waals surface area contributed by atoms with Gasteiger partial charge in [-0.15, -0.1) is 0 Å². The molecule has 0 unspecified atom stereocenters. The molecule has 0 radical (unpaired) electrons. The van der Waals surface area contributed by atoms with E-state index in [1.165, 1.54) is 6.08 Å². The quantitative estimate of drug-likeness (QED) is 0.550. The Morgan fingerprint density at radius 1 is 1.40 bits per heavy atom. The summed E-state index contributed by atoms with van der Waals surface area (Å²) < 4.78 is 0. The number of amides is 1. The first-order chi connectivity index (χ1) is 4.45. The molecule has 0 spiro atoms. The molecule has 0 rings (SSSR count). The molecule has 0 aromatic heterocycles. The molecule has 0 aromatic rings. The number of rotatable bonds is 1. The van der Waals surface area contributed by atoms with E-state index in [4.69, 9.17) is 0 Å². The minimum atomic E-state index is -0.128. The number of carbonyl (C=O) groups is 1. The average Bonchev–Trinajstić information content (AvgIpc) is 1.59. The lowest BCUT2D eigenvalue weighted by atomic mass is 10.1. The van der Waals surface area contributed by atoms with E-state index < -0.39 is 0 Å². The van der Waals surface area contributed by atoms with Crippen LogP contribution < -0.4 is 5.32 Å². The van der Waals surface area contributed by atoms with Crippen LogP contribution in [0.4, 0.5) is 0 Å². The minimum Gasteiger partial charge on any atom is -0.348 e. The van der Waals surface area contributed by atoms with Gasteiger partial charge in [0.1, 0.15) is 0 Å². The fourth-order valence-corrected chi connectivity index (χ4v) is 0.563. The summed E-state index contributed by atoms with van der Waals surface area (Å²) in [6.07, 6.45) is 3.24. The first-order valence-electron chi connectivity index (χ1n) is 3.40. The predicted octanol–water partition coefficient (Wildman–Crippen LogP) is 1.48. The lowest BCUT2D eigenvalue weighted by Gasteiger charge is -2.18. The zero-order chi connectivity index (χ0) is 8.20. The maximum Gasteiger partial charge on any atom is 0.244 e. The third-order valence-corrected chi connectivity index (χ3v) is 0.816. The second-order valence-corrected chi connectivity index (χ2v) is 3.24. The van der Waals surface area contributed by atoms with Crippen LogP contribution in [0.25, 0.3) is 0 Å². The molecule has 0 aliphatic rings. The van der Waals surface area contributed by atoms with Crippen molar-refractivity contribution in [2.75, 3.05) is 0 Å². The molecule has 2 heteroatoms. The Morgan fingerprint density at radius 3 is 2.20 bits per heavy atom. The van der Waals surface area contributed by atoms with Crippen molar-refractivity contribution >= 4 is 5.91 Å². The highest BCUT2D eigenvalue weighted by atomic mass is 16.1. The molecule has 0 bridgehead atoms. The van der Waals surface area contributed by atoms with Gasteiger partial charge < -0.3 is 5.32 Å². The second-order valence-electron chi connectivity index (χ2n) is 3.24. The number of hydrogen-bond acceptors (Lipinski definition) is 1. The van der Waals surface area contributed by atoms with Crippen LogP contribution in [0.15, 0.2) is 12.2 Å². The molecule has 0 fully saturated rings. The zero-order valence-electron chi connectivity index (χ0n) is 7.06. The van der Waals surface area contributed by atoms with E-state index in [0.29, 0.717) is 0 Å². The van der Waals surface area contributed by atoms with E-state index in [9.17, 15) is 4.79 Å². The largest absolute Gasteiger partial charge is 0.348 e. The maximum atomic E-state index is 10.9. The molecule has 0 aromatic carbocycles. The second kappa shape index (κ2) is 3.40. The summed E-state index contributed by atoms with van der Waals surface area (Å²) in [5, 5.41) is 2.79. The van der Waals surface area contributed by atoms with Gasteiger partial charge in [-0.2, -0.15) is 0 Å². The van der Waals surface area contributed by atoms with Gasteiger partial charge in [-0.25, -0.2) is 0 Å². The number of carbonyl (C=O) groups excluding carboxylic acids is 1. The van der Waals surface area contributed by atoms with Crippen molar-refractivity contribution < 1.29 is 4.79 Å². The van der Waals surface area contributed by atoms with Gasteiger partial charge in [-0.3, -0.25) is 4.79 Å². The Hall–Kier alpha value is -0.790. The maximum absolute atomic E-state index is 10.9. The minimum absolute atomic E-state index is 0.0324. The van der Waals surface area contributed by atoms with Gasteiger partial charge in [0, 0.05) is 5.54 Å². The van der Waals surface area contributed by atoms with Crippen LogP contribution >= 0.6 is 0 Å². The van der Waals surface area contributed by atoms with Crippen LogP contribution in [0, 0.1) is 0 Å². The molecule has 0 saturated carbocycles. The Bertz CT molecular complexity index is 142. The summed E-state index contributed by atoms with van der Waals surface area (Å²) in [6.45, 7) is 7.68. The Labute approximate surface area is 62.3 Å². The van der Waals surface area contributed by atoms with Crippen LogP contribution in [-0.4, -0.2) is 11.4 Å². The van der Waals surface area contributed by atoms with E-state index in [1.54, 1.807) is 6.08 Å². The summed E-state index contributed by atoms with van der Waals surface area (Å²) in [7, 11) is 0. The average molecular weight is 141 g/mol. The van der Waals surface area contributed by atoms with E-state index in [-0.39, 0.29) is 11.4 Å². The molecule has 0 aliphatic heterocycles. The van der Waals surface area contributed by atoms with Gasteiger partial charge in [0.15, 0.2) is 0 Å². The molecular weight excluding hydrogens is 126 g/mol. The normalized spacial score (nSPS) is 12.0. The molecule has 58 valence electrons. The van der Waals surface area contributed by atoms with Crippen molar-refractivity contribution in [3.63, 3.8) is 0 Å². The standard InChI is InChI=1S/C8H15NO/c1-5-6-7(10)9-8(2,3)4/h5-6H,1-4H3,(H,9,10)/b6-5-. The van der Waals surface area contributed by atoms with E-state index >= 15 is 0 Å². The van der Waals surface area contributed by atoms with Gasteiger partial charge in [-0.05, 0) is 33.8 Å². The van der Waals surface area contributed by atoms with Gasteiger partial charge in [0.2, 0.25) is 5.91 Å². The fourth-order valence-electron chi connectivity index (χ4n) is 0.563. The van der Waals surface area contributed by atoms with Gasteiger partial charge in [-0.1, -0.05) is 6.08 Å². The Balaban J connectivity index is 3.81. The zero-order valence-corrected chi connectivity index (χ0v) is 7.06. The van der Waals surface area contributed by atoms with Crippen molar-refractivity contribution in [2.45, 2.75) is 33.2 Å². The lowest BCUT2D eigenvalue weighted by Crippen LogP contribution is -2.39. The van der Waals surface area contributed by atoms with Crippen molar-refractivity contribution in [3.05, 3.63) is 12.2 Å². The topological polar surface area (TPSA) is 29.1 Å². The molecule has 2 nitrogen and oxygen atoms in total. The van der Waals surface area contributed by atoms with E-state index in [1.807, 2.05) is 27.7 Å². The van der Waals surface area contributed by atoms with Crippen LogP contribution in [-0.2, 0) is 4.79 Å². The number of hydrogen-bond donors (Lipinski definition) is 1. The summed E-state index contributed by atoms with van der Waals surface area (Å²) in [6, 6.07) is 0. The van der Waals surface area contributed by atoms with Gasteiger partial charge in [0.25, 0.3) is 0 Å². The molecule has 0 saturated heterocycles. The molecular formula is C8H15NO. The highest BCUT2D eigenvalue weighted by Gasteiger charge is 2.10. The third-order valence-electron chi connectivity index (χ3n) is 0.816. The SMILES string of the molecule is C/C=C\C(=O)NC(C)(C)C. The fraction of sp³-hybridized carbons (Fsp3) is 0.625. The highest BCUT2D eigenvalue weighted by molar-refractivity contribution is 5.87.